The molecule has 0 rings (SSSR count). The Morgan fingerprint density at radius 2 is 1.74 bits per heavy atom. The van der Waals surface area contributed by atoms with Crippen molar-refractivity contribution in [2.75, 3.05) is 33.4 Å². The van der Waals surface area contributed by atoms with Crippen LogP contribution in [-0.4, -0.2) is 56.4 Å². The standard InChI is InChI=1S/C11H21N3O5/c1-19-6-4-2-3-5-12-11(18)14-7-9(15)13-8-10(16)17/h2-8H2,1H3,(H,13,15)(H,16,17)(H2,12,14,18). The highest BCUT2D eigenvalue weighted by Crippen LogP contribution is 1.93. The molecule has 0 aliphatic heterocycles. The number of nitrogens with one attached hydrogen (secondary N) is 3. The highest BCUT2D eigenvalue weighted by molar-refractivity contribution is 5.86. The van der Waals surface area contributed by atoms with E-state index in [-0.39, 0.29) is 6.54 Å². The first-order valence-electron chi connectivity index (χ1n) is 6.05. The molecule has 110 valence electrons. The van der Waals surface area contributed by atoms with Crippen LogP contribution in [-0.2, 0) is 14.3 Å². The molecule has 0 aromatic heterocycles. The lowest BCUT2D eigenvalue weighted by Crippen LogP contribution is -2.43. The summed E-state index contributed by atoms with van der Waals surface area (Å²) >= 11 is 0. The minimum atomic E-state index is -1.13. The number of hydrogen-bond donors (Lipinski definition) is 4. The quantitative estimate of drug-likeness (QED) is 0.393. The van der Waals surface area contributed by atoms with Crippen LogP contribution in [0.15, 0.2) is 0 Å². The van der Waals surface area contributed by atoms with Gasteiger partial charge in [0.25, 0.3) is 0 Å². The normalized spacial score (nSPS) is 9.74. The first-order valence-corrected chi connectivity index (χ1v) is 6.05. The summed E-state index contributed by atoms with van der Waals surface area (Å²) in [6.07, 6.45) is 2.73. The SMILES string of the molecule is COCCCCCNC(=O)NCC(=O)NCC(=O)O. The Kier molecular flexibility index (Phi) is 10.2. The molecule has 0 aliphatic rings. The molecule has 0 aromatic rings. The van der Waals surface area contributed by atoms with Gasteiger partial charge in [-0.3, -0.25) is 9.59 Å². The summed E-state index contributed by atoms with van der Waals surface area (Å²) in [4.78, 5) is 32.5. The van der Waals surface area contributed by atoms with Crippen LogP contribution in [0.4, 0.5) is 4.79 Å². The number of carbonyl (C=O) groups is 3. The number of unbranched alkanes of at least 4 members (excludes halogenated alkanes) is 2. The molecule has 0 aliphatic carbocycles. The molecule has 0 fully saturated rings. The van der Waals surface area contributed by atoms with E-state index in [1.54, 1.807) is 7.11 Å². The van der Waals surface area contributed by atoms with E-state index < -0.39 is 24.5 Å². The minimum absolute atomic E-state index is 0.247. The third-order valence-electron chi connectivity index (χ3n) is 2.16. The topological polar surface area (TPSA) is 117 Å². The van der Waals surface area contributed by atoms with Crippen LogP contribution in [0.2, 0.25) is 0 Å². The van der Waals surface area contributed by atoms with E-state index in [0.717, 1.165) is 19.3 Å². The molecule has 0 unspecified atom stereocenters. The summed E-state index contributed by atoms with van der Waals surface area (Å²) in [7, 11) is 1.64. The van der Waals surface area contributed by atoms with Crippen LogP contribution in [0.3, 0.4) is 0 Å². The van der Waals surface area contributed by atoms with Crippen molar-refractivity contribution < 1.29 is 24.2 Å². The fourth-order valence-electron chi connectivity index (χ4n) is 1.21. The van der Waals surface area contributed by atoms with Crippen molar-refractivity contribution in [3.8, 4) is 0 Å². The van der Waals surface area contributed by atoms with Gasteiger partial charge in [0.2, 0.25) is 5.91 Å². The third kappa shape index (κ3) is 12.4. The summed E-state index contributed by atoms with van der Waals surface area (Å²) in [5.74, 6) is -1.67. The van der Waals surface area contributed by atoms with Crippen LogP contribution in [0.5, 0.6) is 0 Å². The van der Waals surface area contributed by atoms with E-state index in [1.807, 2.05) is 0 Å². The molecule has 0 saturated carbocycles. The number of methoxy groups -OCH3 is 1. The van der Waals surface area contributed by atoms with Gasteiger partial charge in [-0.1, -0.05) is 0 Å². The molecule has 0 aromatic carbocycles. The van der Waals surface area contributed by atoms with Crippen LogP contribution < -0.4 is 16.0 Å². The second-order valence-corrected chi connectivity index (χ2v) is 3.83. The monoisotopic (exact) mass is 275 g/mol. The zero-order chi connectivity index (χ0) is 14.5. The highest BCUT2D eigenvalue weighted by Gasteiger charge is 2.05. The first-order chi connectivity index (χ1) is 9.06. The number of carboxylic acids is 1. The van der Waals surface area contributed by atoms with Crippen molar-refractivity contribution in [1.82, 2.24) is 16.0 Å². The summed E-state index contributed by atoms with van der Waals surface area (Å²) in [6.45, 7) is 0.520. The molecule has 19 heavy (non-hydrogen) atoms. The Labute approximate surface area is 111 Å². The number of carboxylic acid groups (broad SMARTS) is 1. The van der Waals surface area contributed by atoms with Crippen molar-refractivity contribution in [3.05, 3.63) is 0 Å². The van der Waals surface area contributed by atoms with Crippen molar-refractivity contribution >= 4 is 17.9 Å². The first kappa shape index (κ1) is 17.2. The second-order valence-electron chi connectivity index (χ2n) is 3.83. The van der Waals surface area contributed by atoms with Gasteiger partial charge in [-0.15, -0.1) is 0 Å². The van der Waals surface area contributed by atoms with Gasteiger partial charge < -0.3 is 25.8 Å². The van der Waals surface area contributed by atoms with Gasteiger partial charge in [0.05, 0.1) is 6.54 Å². The molecule has 4 N–H and O–H groups in total. The van der Waals surface area contributed by atoms with Gasteiger partial charge in [0.15, 0.2) is 0 Å². The number of aliphatic carboxylic acids is 1. The van der Waals surface area contributed by atoms with Gasteiger partial charge in [-0.2, -0.15) is 0 Å². The molecule has 0 spiro atoms. The Bertz CT molecular complexity index is 296. The van der Waals surface area contributed by atoms with Gasteiger partial charge in [0.1, 0.15) is 6.54 Å². The summed E-state index contributed by atoms with van der Waals surface area (Å²) < 4.78 is 4.89. The van der Waals surface area contributed by atoms with Crippen molar-refractivity contribution in [3.63, 3.8) is 0 Å². The fraction of sp³-hybridized carbons (Fsp3) is 0.727. The minimum Gasteiger partial charge on any atom is -0.480 e. The van der Waals surface area contributed by atoms with E-state index in [2.05, 4.69) is 16.0 Å². The largest absolute Gasteiger partial charge is 0.480 e. The molecular formula is C11H21N3O5. The zero-order valence-electron chi connectivity index (χ0n) is 11.0. The lowest BCUT2D eigenvalue weighted by molar-refractivity contribution is -0.137. The third-order valence-corrected chi connectivity index (χ3v) is 2.16. The van der Waals surface area contributed by atoms with Gasteiger partial charge in [0, 0.05) is 20.3 Å². The van der Waals surface area contributed by atoms with Gasteiger partial charge in [-0.05, 0) is 19.3 Å². The van der Waals surface area contributed by atoms with E-state index in [0.29, 0.717) is 13.2 Å². The van der Waals surface area contributed by atoms with Crippen molar-refractivity contribution in [1.29, 1.82) is 0 Å². The van der Waals surface area contributed by atoms with E-state index >= 15 is 0 Å². The fourth-order valence-corrected chi connectivity index (χ4v) is 1.21. The number of hydrogen-bond acceptors (Lipinski definition) is 4. The highest BCUT2D eigenvalue weighted by atomic mass is 16.5. The molecule has 8 heteroatoms. The molecule has 3 amide bonds. The van der Waals surface area contributed by atoms with Crippen LogP contribution >= 0.6 is 0 Å². The average molecular weight is 275 g/mol. The predicted octanol–water partition coefficient (Wildman–Crippen LogP) is -0.697. The van der Waals surface area contributed by atoms with E-state index in [4.69, 9.17) is 9.84 Å². The number of ether oxygens (including phenoxy) is 1. The van der Waals surface area contributed by atoms with Crippen LogP contribution in [0.25, 0.3) is 0 Å². The maximum Gasteiger partial charge on any atom is 0.322 e. The smallest absolute Gasteiger partial charge is 0.322 e. The number of urea groups is 1. The Balaban J connectivity index is 3.43. The lowest BCUT2D eigenvalue weighted by atomic mass is 10.2. The number of rotatable bonds is 10. The van der Waals surface area contributed by atoms with E-state index in [1.165, 1.54) is 0 Å². The molecule has 0 bridgehead atoms. The molecule has 0 saturated heterocycles. The Morgan fingerprint density at radius 3 is 2.37 bits per heavy atom. The second kappa shape index (κ2) is 11.3. The number of amides is 3. The maximum absolute atomic E-state index is 11.2. The van der Waals surface area contributed by atoms with Crippen LogP contribution in [0.1, 0.15) is 19.3 Å². The Hall–Kier alpha value is -1.83. The summed E-state index contributed by atoms with van der Waals surface area (Å²) in [5, 5.41) is 15.4. The average Bonchev–Trinajstić information content (AvgIpc) is 2.38. The summed E-state index contributed by atoms with van der Waals surface area (Å²) in [5.41, 5.74) is 0. The maximum atomic E-state index is 11.2. The van der Waals surface area contributed by atoms with Crippen LogP contribution in [0, 0.1) is 0 Å². The van der Waals surface area contributed by atoms with Gasteiger partial charge in [-0.25, -0.2) is 4.79 Å². The lowest BCUT2D eigenvalue weighted by Gasteiger charge is -2.07. The zero-order valence-corrected chi connectivity index (χ0v) is 11.0. The van der Waals surface area contributed by atoms with Gasteiger partial charge >= 0.3 is 12.0 Å². The van der Waals surface area contributed by atoms with Crippen molar-refractivity contribution in [2.24, 2.45) is 0 Å². The number of carbonyl (C=O) groups excluding carboxylic acids is 2. The molecule has 8 nitrogen and oxygen atoms in total. The van der Waals surface area contributed by atoms with Crippen molar-refractivity contribution in [2.45, 2.75) is 19.3 Å². The Morgan fingerprint density at radius 1 is 1.00 bits per heavy atom. The predicted molar refractivity (Wildman–Crippen MR) is 67.8 cm³/mol. The summed E-state index contributed by atoms with van der Waals surface area (Å²) in [6, 6.07) is -0.447. The molecule has 0 atom stereocenters. The molecule has 0 heterocycles. The molecular weight excluding hydrogens is 254 g/mol. The van der Waals surface area contributed by atoms with E-state index in [9.17, 15) is 14.4 Å². The molecule has 0 radical (unpaired) electrons.